The molecule has 2 aliphatic rings. The maximum atomic E-state index is 13.5. The largest absolute Gasteiger partial charge is 0.483 e. The van der Waals surface area contributed by atoms with Crippen molar-refractivity contribution in [3.63, 3.8) is 0 Å². The van der Waals surface area contributed by atoms with E-state index in [-0.39, 0.29) is 24.6 Å². The molecule has 2 heterocycles. The zero-order valence-electron chi connectivity index (χ0n) is 17.8. The molecule has 0 radical (unpaired) electrons. The Bertz CT molecular complexity index is 1140. The zero-order chi connectivity index (χ0) is 23.3. The SMILES string of the molecule is CNC(=S)NCC1=C(N2Cc3ccccc3C2=O)c2cc(C(F)(F)F)ccc2OC1(C)C. The van der Waals surface area contributed by atoms with Crippen LogP contribution in [0.5, 0.6) is 5.75 Å². The summed E-state index contributed by atoms with van der Waals surface area (Å²) < 4.78 is 46.7. The third kappa shape index (κ3) is 3.81. The Balaban J connectivity index is 1.92. The van der Waals surface area contributed by atoms with E-state index < -0.39 is 17.3 Å². The maximum Gasteiger partial charge on any atom is 0.416 e. The summed E-state index contributed by atoms with van der Waals surface area (Å²) in [6.07, 6.45) is -4.53. The number of benzene rings is 2. The van der Waals surface area contributed by atoms with E-state index in [2.05, 4.69) is 10.6 Å². The van der Waals surface area contributed by atoms with Crippen molar-refractivity contribution in [2.24, 2.45) is 0 Å². The van der Waals surface area contributed by atoms with Crippen LogP contribution in [0.15, 0.2) is 48.0 Å². The highest BCUT2D eigenvalue weighted by Gasteiger charge is 2.42. The fraction of sp³-hybridized carbons (Fsp3) is 0.304. The predicted molar refractivity (Wildman–Crippen MR) is 119 cm³/mol. The molecule has 168 valence electrons. The number of rotatable bonds is 3. The number of amides is 1. The van der Waals surface area contributed by atoms with Crippen molar-refractivity contribution >= 4 is 28.9 Å². The summed E-state index contributed by atoms with van der Waals surface area (Å²) >= 11 is 5.18. The summed E-state index contributed by atoms with van der Waals surface area (Å²) in [6, 6.07) is 10.5. The van der Waals surface area contributed by atoms with Crippen LogP contribution in [0.4, 0.5) is 13.2 Å². The van der Waals surface area contributed by atoms with E-state index in [9.17, 15) is 18.0 Å². The van der Waals surface area contributed by atoms with Gasteiger partial charge >= 0.3 is 6.18 Å². The fourth-order valence-corrected chi connectivity index (χ4v) is 4.13. The highest BCUT2D eigenvalue weighted by Crippen LogP contribution is 2.46. The van der Waals surface area contributed by atoms with Crippen molar-refractivity contribution in [1.29, 1.82) is 0 Å². The Morgan fingerprint density at radius 3 is 2.56 bits per heavy atom. The molecule has 0 aromatic heterocycles. The molecule has 0 atom stereocenters. The second-order valence-electron chi connectivity index (χ2n) is 8.13. The molecule has 0 fully saturated rings. The van der Waals surface area contributed by atoms with E-state index in [4.69, 9.17) is 17.0 Å². The number of hydrogen-bond donors (Lipinski definition) is 2. The molecule has 2 aliphatic heterocycles. The summed E-state index contributed by atoms with van der Waals surface area (Å²) in [6.45, 7) is 4.09. The predicted octanol–water partition coefficient (Wildman–Crippen LogP) is 4.34. The Kier molecular flexibility index (Phi) is 5.40. The summed E-state index contributed by atoms with van der Waals surface area (Å²) in [5, 5.41) is 6.23. The molecule has 0 unspecified atom stereocenters. The molecule has 0 saturated carbocycles. The molecule has 32 heavy (non-hydrogen) atoms. The number of hydrogen-bond acceptors (Lipinski definition) is 3. The number of carbonyl (C=O) groups excluding carboxylic acids is 1. The second-order valence-corrected chi connectivity index (χ2v) is 8.54. The van der Waals surface area contributed by atoms with Gasteiger partial charge in [-0.3, -0.25) is 4.79 Å². The minimum atomic E-state index is -4.53. The third-order valence-corrected chi connectivity index (χ3v) is 6.03. The van der Waals surface area contributed by atoms with Gasteiger partial charge in [0, 0.05) is 30.3 Å². The molecule has 1 amide bonds. The first-order chi connectivity index (χ1) is 15.0. The molecule has 4 rings (SSSR count). The molecular weight excluding hydrogens is 439 g/mol. The number of ether oxygens (including phenoxy) is 1. The molecule has 2 N–H and O–H groups in total. The molecule has 5 nitrogen and oxygen atoms in total. The van der Waals surface area contributed by atoms with Crippen molar-refractivity contribution < 1.29 is 22.7 Å². The number of halogens is 3. The fourth-order valence-electron chi connectivity index (χ4n) is 4.06. The van der Waals surface area contributed by atoms with E-state index >= 15 is 0 Å². The van der Waals surface area contributed by atoms with Crippen LogP contribution in [-0.2, 0) is 12.7 Å². The monoisotopic (exact) mass is 461 g/mol. The van der Waals surface area contributed by atoms with E-state index in [1.165, 1.54) is 11.0 Å². The Labute approximate surface area is 189 Å². The first-order valence-electron chi connectivity index (χ1n) is 10.0. The van der Waals surface area contributed by atoms with Gasteiger partial charge in [-0.2, -0.15) is 13.2 Å². The highest BCUT2D eigenvalue weighted by molar-refractivity contribution is 7.80. The van der Waals surface area contributed by atoms with Crippen LogP contribution in [0, 0.1) is 0 Å². The Morgan fingerprint density at radius 1 is 1.19 bits per heavy atom. The van der Waals surface area contributed by atoms with Gasteiger partial charge in [0.1, 0.15) is 11.4 Å². The van der Waals surface area contributed by atoms with Crippen LogP contribution in [-0.4, -0.2) is 35.1 Å². The van der Waals surface area contributed by atoms with Gasteiger partial charge in [0.05, 0.1) is 17.8 Å². The molecule has 0 spiro atoms. The summed E-state index contributed by atoms with van der Waals surface area (Å²) in [5.74, 6) is 0.0343. The summed E-state index contributed by atoms with van der Waals surface area (Å²) in [5.41, 5.74) is 0.926. The van der Waals surface area contributed by atoms with Gasteiger partial charge in [-0.15, -0.1) is 0 Å². The average molecular weight is 462 g/mol. The van der Waals surface area contributed by atoms with Crippen LogP contribution >= 0.6 is 12.2 Å². The second kappa shape index (κ2) is 7.81. The number of thiocarbonyl (C=S) groups is 1. The number of carbonyl (C=O) groups is 1. The summed E-state index contributed by atoms with van der Waals surface area (Å²) in [4.78, 5) is 14.8. The van der Waals surface area contributed by atoms with Gasteiger partial charge in [0.15, 0.2) is 5.11 Å². The lowest BCUT2D eigenvalue weighted by Gasteiger charge is -2.40. The lowest BCUT2D eigenvalue weighted by atomic mass is 9.88. The highest BCUT2D eigenvalue weighted by atomic mass is 32.1. The van der Waals surface area contributed by atoms with Crippen LogP contribution in [0.2, 0.25) is 0 Å². The number of nitrogens with one attached hydrogen (secondary N) is 2. The van der Waals surface area contributed by atoms with Gasteiger partial charge in [-0.05, 0) is 55.9 Å². The Morgan fingerprint density at radius 2 is 1.91 bits per heavy atom. The average Bonchev–Trinajstić information content (AvgIpc) is 3.06. The molecular formula is C23H22F3N3O2S. The molecule has 2 aromatic carbocycles. The standard InChI is InChI=1S/C23H22F3N3O2S/c1-22(2)17(11-28-21(32)27-3)19(29-12-13-6-4-5-7-15(13)20(29)30)16-10-14(23(24,25)26)8-9-18(16)31-22/h4-10H,11-12H2,1-3H3,(H2,27,28,32). The van der Waals surface area contributed by atoms with Gasteiger partial charge in [-0.25, -0.2) is 0 Å². The quantitative estimate of drug-likeness (QED) is 0.667. The zero-order valence-corrected chi connectivity index (χ0v) is 18.6. The lowest BCUT2D eigenvalue weighted by Crippen LogP contribution is -2.44. The van der Waals surface area contributed by atoms with Crippen molar-refractivity contribution in [2.75, 3.05) is 13.6 Å². The normalized spacial score (nSPS) is 16.9. The molecule has 0 bridgehead atoms. The Hall–Kier alpha value is -3.07. The van der Waals surface area contributed by atoms with Crippen LogP contribution in [0.3, 0.4) is 0 Å². The van der Waals surface area contributed by atoms with Crippen molar-refractivity contribution in [3.8, 4) is 5.75 Å². The van der Waals surface area contributed by atoms with E-state index in [0.717, 1.165) is 17.7 Å². The number of fused-ring (bicyclic) bond motifs is 2. The van der Waals surface area contributed by atoms with Gasteiger partial charge < -0.3 is 20.3 Å². The topological polar surface area (TPSA) is 53.6 Å². The van der Waals surface area contributed by atoms with Gasteiger partial charge in [0.25, 0.3) is 5.91 Å². The van der Waals surface area contributed by atoms with Crippen LogP contribution in [0.25, 0.3) is 5.70 Å². The first kappa shape index (κ1) is 22.1. The smallest absolute Gasteiger partial charge is 0.416 e. The minimum absolute atomic E-state index is 0.192. The van der Waals surface area contributed by atoms with Crippen molar-refractivity contribution in [2.45, 2.75) is 32.2 Å². The third-order valence-electron chi connectivity index (χ3n) is 5.68. The van der Waals surface area contributed by atoms with E-state index in [1.807, 2.05) is 26.0 Å². The van der Waals surface area contributed by atoms with E-state index in [0.29, 0.717) is 27.7 Å². The molecule has 9 heteroatoms. The van der Waals surface area contributed by atoms with Crippen LogP contribution < -0.4 is 15.4 Å². The first-order valence-corrected chi connectivity index (χ1v) is 10.4. The maximum absolute atomic E-state index is 13.5. The van der Waals surface area contributed by atoms with Crippen molar-refractivity contribution in [1.82, 2.24) is 15.5 Å². The molecule has 0 aliphatic carbocycles. The number of alkyl halides is 3. The molecule has 0 saturated heterocycles. The minimum Gasteiger partial charge on any atom is -0.483 e. The molecule has 2 aromatic rings. The lowest BCUT2D eigenvalue weighted by molar-refractivity contribution is -0.137. The van der Waals surface area contributed by atoms with Gasteiger partial charge in [-0.1, -0.05) is 18.2 Å². The van der Waals surface area contributed by atoms with Gasteiger partial charge in [0.2, 0.25) is 0 Å². The van der Waals surface area contributed by atoms with Crippen molar-refractivity contribution in [3.05, 3.63) is 70.3 Å². The van der Waals surface area contributed by atoms with Crippen LogP contribution in [0.1, 0.15) is 40.9 Å². The number of nitrogens with zero attached hydrogens (tertiary/aromatic N) is 1. The van der Waals surface area contributed by atoms with E-state index in [1.54, 1.807) is 19.2 Å². The summed E-state index contributed by atoms with van der Waals surface area (Å²) in [7, 11) is 1.67.